The van der Waals surface area contributed by atoms with Crippen LogP contribution in [0.4, 0.5) is 0 Å². The lowest BCUT2D eigenvalue weighted by atomic mass is 9.90. The highest BCUT2D eigenvalue weighted by Crippen LogP contribution is 2.30. The van der Waals surface area contributed by atoms with Crippen LogP contribution in [0.5, 0.6) is 0 Å². The van der Waals surface area contributed by atoms with Crippen molar-refractivity contribution < 1.29 is 23.7 Å². The number of rotatable bonds is 5. The Balaban J connectivity index is 2.75. The molecule has 0 saturated carbocycles. The van der Waals surface area contributed by atoms with Crippen molar-refractivity contribution in [1.82, 2.24) is 0 Å². The third kappa shape index (κ3) is 2.73. The molecule has 1 aliphatic heterocycles. The van der Waals surface area contributed by atoms with E-state index in [4.69, 9.17) is 23.7 Å². The van der Waals surface area contributed by atoms with E-state index < -0.39 is 0 Å². The maximum Gasteiger partial charge on any atom is 0.184 e. The van der Waals surface area contributed by atoms with Gasteiger partial charge in [-0.25, -0.2) is 0 Å². The lowest BCUT2D eigenvalue weighted by Crippen LogP contribution is -2.56. The van der Waals surface area contributed by atoms with Gasteiger partial charge in [0, 0.05) is 34.4 Å². The van der Waals surface area contributed by atoms with E-state index in [-0.39, 0.29) is 30.5 Å². The van der Waals surface area contributed by atoms with Gasteiger partial charge in [0.1, 0.15) is 12.2 Å². The second kappa shape index (κ2) is 6.51. The quantitative estimate of drug-likeness (QED) is 0.699. The summed E-state index contributed by atoms with van der Waals surface area (Å²) in [7, 11) is 6.58. The smallest absolute Gasteiger partial charge is 0.184 e. The van der Waals surface area contributed by atoms with E-state index in [1.807, 2.05) is 0 Å². The third-order valence-corrected chi connectivity index (χ3v) is 3.09. The summed E-state index contributed by atoms with van der Waals surface area (Å²) in [4.78, 5) is 0. The lowest BCUT2D eigenvalue weighted by Gasteiger charge is -2.43. The van der Waals surface area contributed by atoms with Gasteiger partial charge < -0.3 is 23.7 Å². The van der Waals surface area contributed by atoms with Crippen LogP contribution in [0.15, 0.2) is 0 Å². The molecular weight excluding hydrogens is 212 g/mol. The zero-order valence-electron chi connectivity index (χ0n) is 10.6. The molecule has 5 atom stereocenters. The van der Waals surface area contributed by atoms with Gasteiger partial charge in [-0.2, -0.15) is 0 Å². The molecule has 1 fully saturated rings. The number of ether oxygens (including phenoxy) is 5. The van der Waals surface area contributed by atoms with Crippen molar-refractivity contribution in [3.05, 3.63) is 0 Å². The zero-order valence-corrected chi connectivity index (χ0v) is 10.6. The van der Waals surface area contributed by atoms with E-state index in [0.717, 1.165) is 0 Å². The molecule has 1 aliphatic rings. The fourth-order valence-electron chi connectivity index (χ4n) is 2.28. The molecule has 0 bridgehead atoms. The van der Waals surface area contributed by atoms with Gasteiger partial charge in [0.25, 0.3) is 0 Å². The van der Waals surface area contributed by atoms with Crippen molar-refractivity contribution in [2.75, 3.05) is 35.0 Å². The molecule has 5 heteroatoms. The third-order valence-electron chi connectivity index (χ3n) is 3.09. The summed E-state index contributed by atoms with van der Waals surface area (Å²) in [6, 6.07) is 0. The largest absolute Gasteiger partial charge is 0.382 e. The van der Waals surface area contributed by atoms with Crippen molar-refractivity contribution >= 4 is 0 Å². The van der Waals surface area contributed by atoms with Gasteiger partial charge in [0.15, 0.2) is 6.29 Å². The molecule has 0 N–H and O–H groups in total. The highest BCUT2D eigenvalue weighted by Gasteiger charge is 2.44. The first-order valence-corrected chi connectivity index (χ1v) is 5.42. The summed E-state index contributed by atoms with van der Waals surface area (Å²) in [6.07, 6.45) is -0.660. The molecular formula is C11H22O5. The molecule has 16 heavy (non-hydrogen) atoms. The van der Waals surface area contributed by atoms with Crippen LogP contribution in [-0.4, -0.2) is 59.6 Å². The van der Waals surface area contributed by atoms with Crippen LogP contribution in [0, 0.1) is 5.92 Å². The van der Waals surface area contributed by atoms with E-state index >= 15 is 0 Å². The van der Waals surface area contributed by atoms with Crippen LogP contribution in [0.25, 0.3) is 0 Å². The first kappa shape index (κ1) is 13.9. The average molecular weight is 234 g/mol. The van der Waals surface area contributed by atoms with Crippen molar-refractivity contribution in [3.8, 4) is 0 Å². The Morgan fingerprint density at radius 3 is 2.00 bits per heavy atom. The van der Waals surface area contributed by atoms with Crippen LogP contribution < -0.4 is 0 Å². The highest BCUT2D eigenvalue weighted by atomic mass is 16.7. The Kier molecular flexibility index (Phi) is 5.64. The number of hydrogen-bond donors (Lipinski definition) is 0. The summed E-state index contributed by atoms with van der Waals surface area (Å²) >= 11 is 0. The number of hydrogen-bond acceptors (Lipinski definition) is 5. The second-order valence-corrected chi connectivity index (χ2v) is 3.99. The molecule has 0 aromatic carbocycles. The zero-order chi connectivity index (χ0) is 12.1. The molecule has 0 aliphatic carbocycles. The molecule has 1 rings (SSSR count). The maximum absolute atomic E-state index is 5.76. The number of methoxy groups -OCH3 is 4. The van der Waals surface area contributed by atoms with Gasteiger partial charge in [-0.1, -0.05) is 6.92 Å². The fourth-order valence-corrected chi connectivity index (χ4v) is 2.28. The van der Waals surface area contributed by atoms with Crippen LogP contribution in [0.2, 0.25) is 0 Å². The van der Waals surface area contributed by atoms with Gasteiger partial charge >= 0.3 is 0 Å². The summed E-state index contributed by atoms with van der Waals surface area (Å²) in [5.41, 5.74) is 0. The van der Waals surface area contributed by atoms with E-state index in [9.17, 15) is 0 Å². The minimum atomic E-state index is -0.369. The summed E-state index contributed by atoms with van der Waals surface area (Å²) in [6.45, 7) is 2.55. The van der Waals surface area contributed by atoms with Gasteiger partial charge in [0.2, 0.25) is 0 Å². The normalized spacial score (nSPS) is 39.9. The maximum atomic E-state index is 5.76. The van der Waals surface area contributed by atoms with Crippen LogP contribution in [0.1, 0.15) is 6.92 Å². The van der Waals surface area contributed by atoms with E-state index in [2.05, 4.69) is 6.92 Å². The molecule has 0 aromatic heterocycles. The molecule has 0 radical (unpaired) electrons. The summed E-state index contributed by atoms with van der Waals surface area (Å²) in [5.74, 6) is 0.189. The van der Waals surface area contributed by atoms with E-state index in [0.29, 0.717) is 6.61 Å². The Morgan fingerprint density at radius 2 is 1.56 bits per heavy atom. The van der Waals surface area contributed by atoms with Crippen LogP contribution in [-0.2, 0) is 23.7 Å². The van der Waals surface area contributed by atoms with E-state index in [1.165, 1.54) is 0 Å². The highest BCUT2D eigenvalue weighted by molar-refractivity contribution is 4.88. The minimum absolute atomic E-state index is 0.0451. The first-order valence-electron chi connectivity index (χ1n) is 5.42. The molecule has 2 unspecified atom stereocenters. The van der Waals surface area contributed by atoms with Gasteiger partial charge in [-0.3, -0.25) is 0 Å². The second-order valence-electron chi connectivity index (χ2n) is 3.99. The SMILES string of the molecule is COCC1O[C@@H](OC)C(OC)[C@@H](C)[C@@H]1OC. The topological polar surface area (TPSA) is 46.2 Å². The Bertz CT molecular complexity index is 197. The molecule has 1 saturated heterocycles. The van der Waals surface area contributed by atoms with E-state index in [1.54, 1.807) is 28.4 Å². The summed E-state index contributed by atoms with van der Waals surface area (Å²) in [5, 5.41) is 0. The van der Waals surface area contributed by atoms with Gasteiger partial charge in [0.05, 0.1) is 12.7 Å². The van der Waals surface area contributed by atoms with Gasteiger partial charge in [-0.05, 0) is 0 Å². The average Bonchev–Trinajstić information content (AvgIpc) is 2.29. The molecule has 96 valence electrons. The fraction of sp³-hybridized carbons (Fsp3) is 1.00. The van der Waals surface area contributed by atoms with Crippen molar-refractivity contribution in [3.63, 3.8) is 0 Å². The Morgan fingerprint density at radius 1 is 0.938 bits per heavy atom. The molecule has 0 spiro atoms. The van der Waals surface area contributed by atoms with Crippen LogP contribution >= 0.6 is 0 Å². The van der Waals surface area contributed by atoms with Crippen molar-refractivity contribution in [1.29, 1.82) is 0 Å². The van der Waals surface area contributed by atoms with Crippen molar-refractivity contribution in [2.24, 2.45) is 5.92 Å². The van der Waals surface area contributed by atoms with Crippen molar-refractivity contribution in [2.45, 2.75) is 31.5 Å². The van der Waals surface area contributed by atoms with Crippen LogP contribution in [0.3, 0.4) is 0 Å². The monoisotopic (exact) mass is 234 g/mol. The predicted octanol–water partition coefficient (Wildman–Crippen LogP) is 0.670. The summed E-state index contributed by atoms with van der Waals surface area (Å²) < 4.78 is 27.0. The Labute approximate surface area is 97.0 Å². The molecule has 1 heterocycles. The predicted molar refractivity (Wildman–Crippen MR) is 58.3 cm³/mol. The standard InChI is InChI=1S/C11H22O5/c1-7-9(13-3)8(6-12-2)16-11(15-5)10(7)14-4/h7-11H,6H2,1-5H3/t7-,8?,9-,10?,11+/m0/s1. The minimum Gasteiger partial charge on any atom is -0.382 e. The molecule has 0 aromatic rings. The van der Waals surface area contributed by atoms with Gasteiger partial charge in [-0.15, -0.1) is 0 Å². The lowest BCUT2D eigenvalue weighted by molar-refractivity contribution is -0.289. The molecule has 0 amide bonds. The molecule has 5 nitrogen and oxygen atoms in total. The Hall–Kier alpha value is -0.200. The first-order chi connectivity index (χ1) is 7.69.